The Balaban J connectivity index is 2.03. The lowest BCUT2D eigenvalue weighted by atomic mass is 10.1. The minimum absolute atomic E-state index is 0.0879. The van der Waals surface area contributed by atoms with Crippen LogP contribution in [0.15, 0.2) is 67.3 Å². The Kier molecular flexibility index (Phi) is 7.04. The molecule has 0 bridgehead atoms. The zero-order valence-corrected chi connectivity index (χ0v) is 14.3. The molecule has 0 spiro atoms. The lowest BCUT2D eigenvalue weighted by Crippen LogP contribution is -2.45. The molecule has 0 aliphatic heterocycles. The predicted molar refractivity (Wildman–Crippen MR) is 98.7 cm³/mol. The van der Waals surface area contributed by atoms with Gasteiger partial charge in [-0.1, -0.05) is 54.6 Å². The molecule has 6 heteroatoms. The Morgan fingerprint density at radius 1 is 1.12 bits per heavy atom. The molecule has 2 rings (SSSR count). The van der Waals surface area contributed by atoms with Crippen molar-refractivity contribution in [2.75, 3.05) is 11.9 Å². The highest BCUT2D eigenvalue weighted by molar-refractivity contribution is 6.30. The summed E-state index contributed by atoms with van der Waals surface area (Å²) in [6.45, 7) is 3.60. The monoisotopic (exact) mass is 358 g/mol. The van der Waals surface area contributed by atoms with Gasteiger partial charge in [0, 0.05) is 17.1 Å². The van der Waals surface area contributed by atoms with Crippen molar-refractivity contribution >= 4 is 29.3 Å². The first kappa shape index (κ1) is 18.5. The van der Waals surface area contributed by atoms with E-state index in [0.29, 0.717) is 17.1 Å². The molecular weight excluding hydrogens is 340 g/mol. The largest absolute Gasteiger partial charge is 0.460 e. The lowest BCUT2D eigenvalue weighted by Gasteiger charge is -2.18. The number of carbonyl (C=O) groups is 2. The SMILES string of the molecule is C=CCOC(=O)[C@@H](Cc1ccccc1)NC(=O)Nc1ccc(Cl)cc1. The van der Waals surface area contributed by atoms with Crippen molar-refractivity contribution in [2.45, 2.75) is 12.5 Å². The summed E-state index contributed by atoms with van der Waals surface area (Å²) in [7, 11) is 0. The summed E-state index contributed by atoms with van der Waals surface area (Å²) in [5.74, 6) is -0.519. The van der Waals surface area contributed by atoms with Crippen LogP contribution in [0.4, 0.5) is 10.5 Å². The maximum atomic E-state index is 12.2. The summed E-state index contributed by atoms with van der Waals surface area (Å²) in [4.78, 5) is 24.4. The summed E-state index contributed by atoms with van der Waals surface area (Å²) < 4.78 is 5.08. The first-order valence-electron chi connectivity index (χ1n) is 7.73. The lowest BCUT2D eigenvalue weighted by molar-refractivity contribution is -0.144. The first-order chi connectivity index (χ1) is 12.1. The van der Waals surface area contributed by atoms with Crippen LogP contribution >= 0.6 is 11.6 Å². The minimum Gasteiger partial charge on any atom is -0.460 e. The quantitative estimate of drug-likeness (QED) is 0.584. The molecule has 130 valence electrons. The van der Waals surface area contributed by atoms with Crippen LogP contribution in [0.2, 0.25) is 5.02 Å². The number of benzene rings is 2. The first-order valence-corrected chi connectivity index (χ1v) is 8.11. The molecule has 2 aromatic rings. The summed E-state index contributed by atoms with van der Waals surface area (Å²) in [5, 5.41) is 5.88. The topological polar surface area (TPSA) is 67.4 Å². The van der Waals surface area contributed by atoms with Crippen LogP contribution in [0.5, 0.6) is 0 Å². The average Bonchev–Trinajstić information content (AvgIpc) is 2.62. The Morgan fingerprint density at radius 2 is 1.80 bits per heavy atom. The van der Waals surface area contributed by atoms with Crippen LogP contribution in [0.3, 0.4) is 0 Å². The van der Waals surface area contributed by atoms with Gasteiger partial charge in [0.25, 0.3) is 0 Å². The van der Waals surface area contributed by atoms with Crippen molar-refractivity contribution < 1.29 is 14.3 Å². The number of amides is 2. The molecule has 5 nitrogen and oxygen atoms in total. The van der Waals surface area contributed by atoms with E-state index in [0.717, 1.165) is 5.56 Å². The van der Waals surface area contributed by atoms with Gasteiger partial charge in [0.1, 0.15) is 12.6 Å². The number of ether oxygens (including phenoxy) is 1. The Morgan fingerprint density at radius 3 is 2.44 bits per heavy atom. The van der Waals surface area contributed by atoms with Crippen LogP contribution in [0, 0.1) is 0 Å². The van der Waals surface area contributed by atoms with Crippen molar-refractivity contribution in [2.24, 2.45) is 0 Å². The maximum Gasteiger partial charge on any atom is 0.329 e. The summed E-state index contributed by atoms with van der Waals surface area (Å²) in [6.07, 6.45) is 1.80. The Bertz CT molecular complexity index is 717. The van der Waals surface area contributed by atoms with E-state index in [1.807, 2.05) is 30.3 Å². The Hall–Kier alpha value is -2.79. The summed E-state index contributed by atoms with van der Waals surface area (Å²) in [5.41, 5.74) is 1.48. The molecule has 0 fully saturated rings. The van der Waals surface area contributed by atoms with Gasteiger partial charge in [-0.25, -0.2) is 9.59 Å². The van der Waals surface area contributed by atoms with Crippen molar-refractivity contribution in [3.8, 4) is 0 Å². The molecule has 0 saturated carbocycles. The van der Waals surface area contributed by atoms with Gasteiger partial charge in [0.15, 0.2) is 0 Å². The van der Waals surface area contributed by atoms with Crippen LogP contribution in [-0.2, 0) is 16.0 Å². The number of nitrogens with one attached hydrogen (secondary N) is 2. The number of urea groups is 1. The number of hydrogen-bond acceptors (Lipinski definition) is 3. The molecule has 1 atom stereocenters. The van der Waals surface area contributed by atoms with E-state index >= 15 is 0 Å². The second-order valence-electron chi connectivity index (χ2n) is 5.27. The van der Waals surface area contributed by atoms with E-state index in [-0.39, 0.29) is 6.61 Å². The van der Waals surface area contributed by atoms with Crippen LogP contribution in [0.25, 0.3) is 0 Å². The number of carbonyl (C=O) groups excluding carboxylic acids is 2. The molecule has 2 amide bonds. The molecule has 0 unspecified atom stereocenters. The fourth-order valence-electron chi connectivity index (χ4n) is 2.14. The summed E-state index contributed by atoms with van der Waals surface area (Å²) in [6, 6.07) is 14.7. The number of halogens is 1. The molecule has 0 heterocycles. The molecule has 0 aliphatic rings. The van der Waals surface area contributed by atoms with Crippen LogP contribution < -0.4 is 10.6 Å². The fourth-order valence-corrected chi connectivity index (χ4v) is 2.27. The van der Waals surface area contributed by atoms with Gasteiger partial charge in [-0.3, -0.25) is 0 Å². The maximum absolute atomic E-state index is 12.2. The van der Waals surface area contributed by atoms with E-state index in [9.17, 15) is 9.59 Å². The molecule has 0 radical (unpaired) electrons. The average molecular weight is 359 g/mol. The van der Waals surface area contributed by atoms with Crippen molar-refractivity contribution in [3.05, 3.63) is 77.8 Å². The highest BCUT2D eigenvalue weighted by atomic mass is 35.5. The zero-order chi connectivity index (χ0) is 18.1. The second-order valence-corrected chi connectivity index (χ2v) is 5.70. The molecule has 25 heavy (non-hydrogen) atoms. The predicted octanol–water partition coefficient (Wildman–Crippen LogP) is 3.80. The van der Waals surface area contributed by atoms with E-state index in [4.69, 9.17) is 16.3 Å². The van der Waals surface area contributed by atoms with Gasteiger partial charge in [-0.05, 0) is 29.8 Å². The van der Waals surface area contributed by atoms with Gasteiger partial charge >= 0.3 is 12.0 Å². The third-order valence-electron chi connectivity index (χ3n) is 3.32. The van der Waals surface area contributed by atoms with Gasteiger partial charge in [-0.15, -0.1) is 0 Å². The molecule has 2 aromatic carbocycles. The third kappa shape index (κ3) is 6.31. The van der Waals surface area contributed by atoms with Gasteiger partial charge in [0.05, 0.1) is 0 Å². The molecule has 2 N–H and O–H groups in total. The highest BCUT2D eigenvalue weighted by Gasteiger charge is 2.22. The van der Waals surface area contributed by atoms with E-state index in [2.05, 4.69) is 17.2 Å². The van der Waals surface area contributed by atoms with Crippen molar-refractivity contribution in [1.82, 2.24) is 5.32 Å². The molecule has 0 aliphatic carbocycles. The van der Waals surface area contributed by atoms with E-state index in [1.165, 1.54) is 6.08 Å². The number of esters is 1. The van der Waals surface area contributed by atoms with Crippen molar-refractivity contribution in [3.63, 3.8) is 0 Å². The molecule has 0 saturated heterocycles. The zero-order valence-electron chi connectivity index (χ0n) is 13.6. The molecular formula is C19H19ClN2O3. The highest BCUT2D eigenvalue weighted by Crippen LogP contribution is 2.13. The molecule has 0 aromatic heterocycles. The fraction of sp³-hybridized carbons (Fsp3) is 0.158. The van der Waals surface area contributed by atoms with Gasteiger partial charge in [-0.2, -0.15) is 0 Å². The third-order valence-corrected chi connectivity index (χ3v) is 3.57. The summed E-state index contributed by atoms with van der Waals surface area (Å²) >= 11 is 5.82. The van der Waals surface area contributed by atoms with Crippen LogP contribution in [0.1, 0.15) is 5.56 Å². The van der Waals surface area contributed by atoms with Gasteiger partial charge in [0.2, 0.25) is 0 Å². The Labute approximate surface area is 151 Å². The number of hydrogen-bond donors (Lipinski definition) is 2. The van der Waals surface area contributed by atoms with E-state index in [1.54, 1.807) is 24.3 Å². The van der Waals surface area contributed by atoms with Crippen LogP contribution in [-0.4, -0.2) is 24.6 Å². The number of rotatable bonds is 7. The van der Waals surface area contributed by atoms with Crippen molar-refractivity contribution in [1.29, 1.82) is 0 Å². The van der Waals surface area contributed by atoms with Gasteiger partial charge < -0.3 is 15.4 Å². The normalized spacial score (nSPS) is 11.2. The smallest absolute Gasteiger partial charge is 0.329 e. The standard InChI is InChI=1S/C19H19ClN2O3/c1-2-12-25-18(23)17(13-14-6-4-3-5-7-14)22-19(24)21-16-10-8-15(20)9-11-16/h2-11,17H,1,12-13H2,(H2,21,22,24)/t17-/m1/s1. The van der Waals surface area contributed by atoms with E-state index < -0.39 is 18.0 Å². The minimum atomic E-state index is -0.811. The second kappa shape index (κ2) is 9.49. The number of anilines is 1.